The van der Waals surface area contributed by atoms with Crippen LogP contribution in [0.15, 0.2) is 24.3 Å². The number of anilines is 1. The smallest absolute Gasteiger partial charge is 0.323 e. The first-order chi connectivity index (χ1) is 16.9. The monoisotopic (exact) mass is 579 g/mol. The van der Waals surface area contributed by atoms with Crippen LogP contribution in [0.25, 0.3) is 0 Å². The van der Waals surface area contributed by atoms with E-state index in [1.807, 2.05) is 20.8 Å². The van der Waals surface area contributed by atoms with Crippen molar-refractivity contribution in [2.24, 2.45) is 0 Å². The average molecular weight is 580 g/mol. The molecule has 2 N–H and O–H groups in total. The van der Waals surface area contributed by atoms with Gasteiger partial charge >= 0.3 is 5.97 Å². The maximum absolute atomic E-state index is 15.3. The minimum absolute atomic E-state index is 0. The van der Waals surface area contributed by atoms with Gasteiger partial charge in [-0.2, -0.15) is 0 Å². The normalized spacial score (nSPS) is 12.6. The number of nitrogens with one attached hydrogen (secondary N) is 1. The van der Waals surface area contributed by atoms with Gasteiger partial charge in [0, 0.05) is 24.8 Å². The zero-order chi connectivity index (χ0) is 26.8. The summed E-state index contributed by atoms with van der Waals surface area (Å²) < 4.78 is 26.3. The highest BCUT2D eigenvalue weighted by Gasteiger charge is 2.33. The van der Waals surface area contributed by atoms with E-state index in [0.717, 1.165) is 11.3 Å². The highest BCUT2D eigenvalue weighted by molar-refractivity contribution is 8.93. The molecule has 0 amide bonds. The van der Waals surface area contributed by atoms with Gasteiger partial charge in [-0.25, -0.2) is 4.39 Å². The number of Topliss-reactive ketones (excluding diaryl/α,β-unsaturated/α-hetero) is 1. The SMILES string of the molecule is Br.CCOc1cc2c(c(F)c1OCC)C(=N)N(CC(=O)c1ccc(N(C)CC(=O)O)c(C(C)(C)C)c1)C2. The van der Waals surface area contributed by atoms with Crippen LogP contribution in [0.5, 0.6) is 11.5 Å². The number of carboxylic acid groups (broad SMARTS) is 1. The average Bonchev–Trinajstić information content (AvgIpc) is 3.10. The van der Waals surface area contributed by atoms with Crippen LogP contribution in [-0.2, 0) is 16.8 Å². The Balaban J connectivity index is 0.00000481. The first-order valence-electron chi connectivity index (χ1n) is 11.9. The standard InChI is InChI=1S/C27H34FN3O5.BrH/c1-7-35-21-12-17-13-31(26(29)23(17)24(28)25(21)36-8-2)14-20(32)16-9-10-19(30(6)15-22(33)34)18(11-16)27(3,4)5;/h9-12,29H,7-8,13-15H2,1-6H3,(H,33,34);1H. The summed E-state index contributed by atoms with van der Waals surface area (Å²) in [6.45, 7) is 10.1. The molecule has 10 heteroatoms. The molecule has 37 heavy (non-hydrogen) atoms. The molecule has 0 aliphatic carbocycles. The predicted molar refractivity (Wildman–Crippen MR) is 147 cm³/mol. The number of amidine groups is 1. The van der Waals surface area contributed by atoms with Gasteiger partial charge in [-0.1, -0.05) is 20.8 Å². The number of hydrogen-bond acceptors (Lipinski definition) is 6. The van der Waals surface area contributed by atoms with E-state index in [1.54, 1.807) is 50.1 Å². The van der Waals surface area contributed by atoms with Gasteiger partial charge < -0.3 is 24.4 Å². The van der Waals surface area contributed by atoms with Crippen molar-refractivity contribution in [3.8, 4) is 11.5 Å². The first-order valence-corrected chi connectivity index (χ1v) is 11.9. The Hall–Kier alpha value is -3.14. The van der Waals surface area contributed by atoms with Crippen molar-refractivity contribution in [2.75, 3.05) is 38.3 Å². The summed E-state index contributed by atoms with van der Waals surface area (Å²) in [5, 5.41) is 17.7. The number of ether oxygens (including phenoxy) is 2. The lowest BCUT2D eigenvalue weighted by Gasteiger charge is -2.28. The predicted octanol–water partition coefficient (Wildman–Crippen LogP) is 5.04. The number of halogens is 2. The van der Waals surface area contributed by atoms with Crippen LogP contribution < -0.4 is 14.4 Å². The number of carbonyl (C=O) groups excluding carboxylic acids is 1. The molecule has 3 rings (SSSR count). The summed E-state index contributed by atoms with van der Waals surface area (Å²) in [6.07, 6.45) is 0. The van der Waals surface area contributed by atoms with Crippen molar-refractivity contribution >= 4 is 40.3 Å². The van der Waals surface area contributed by atoms with Crippen LogP contribution in [-0.4, -0.2) is 60.9 Å². The van der Waals surface area contributed by atoms with Crippen LogP contribution in [0.2, 0.25) is 0 Å². The van der Waals surface area contributed by atoms with Gasteiger partial charge in [0.05, 0.1) is 25.3 Å². The minimum Gasteiger partial charge on any atom is -0.490 e. The van der Waals surface area contributed by atoms with Gasteiger partial charge in [-0.15, -0.1) is 17.0 Å². The Morgan fingerprint density at radius 1 is 1.16 bits per heavy atom. The highest BCUT2D eigenvalue weighted by atomic mass is 79.9. The third kappa shape index (κ3) is 6.41. The second-order valence-electron chi connectivity index (χ2n) is 9.78. The van der Waals surface area contributed by atoms with Crippen molar-refractivity contribution in [3.63, 3.8) is 0 Å². The van der Waals surface area contributed by atoms with Gasteiger partial charge in [0.1, 0.15) is 12.4 Å². The molecule has 0 saturated carbocycles. The van der Waals surface area contributed by atoms with Crippen molar-refractivity contribution < 1.29 is 28.6 Å². The zero-order valence-electron chi connectivity index (χ0n) is 22.1. The van der Waals surface area contributed by atoms with Crippen LogP contribution >= 0.6 is 17.0 Å². The molecule has 1 aliphatic rings. The lowest BCUT2D eigenvalue weighted by atomic mass is 9.84. The molecular formula is C27H35BrFN3O5. The third-order valence-electron chi connectivity index (χ3n) is 6.02. The second kappa shape index (κ2) is 11.9. The van der Waals surface area contributed by atoms with E-state index < -0.39 is 11.8 Å². The van der Waals surface area contributed by atoms with E-state index in [9.17, 15) is 14.7 Å². The molecule has 202 valence electrons. The molecule has 0 spiro atoms. The molecule has 0 fully saturated rings. The van der Waals surface area contributed by atoms with E-state index in [-0.39, 0.29) is 77.3 Å². The van der Waals surface area contributed by atoms with E-state index in [1.165, 1.54) is 4.90 Å². The van der Waals surface area contributed by atoms with Crippen molar-refractivity contribution in [2.45, 2.75) is 46.6 Å². The van der Waals surface area contributed by atoms with Crippen LogP contribution in [0.3, 0.4) is 0 Å². The number of benzene rings is 2. The fourth-order valence-corrected chi connectivity index (χ4v) is 4.35. The van der Waals surface area contributed by atoms with E-state index >= 15 is 4.39 Å². The number of hydrogen-bond donors (Lipinski definition) is 2. The Bertz CT molecular complexity index is 1200. The molecule has 0 saturated heterocycles. The topological polar surface area (TPSA) is 103 Å². The van der Waals surface area contributed by atoms with E-state index in [0.29, 0.717) is 17.7 Å². The molecule has 0 bridgehead atoms. The summed E-state index contributed by atoms with van der Waals surface area (Å²) in [6, 6.07) is 6.88. The molecule has 1 aliphatic heterocycles. The Labute approximate surface area is 227 Å². The molecule has 8 nitrogen and oxygen atoms in total. The molecule has 0 aromatic heterocycles. The van der Waals surface area contributed by atoms with Crippen LogP contribution in [0.1, 0.15) is 61.7 Å². The Kier molecular flexibility index (Phi) is 9.71. The van der Waals surface area contributed by atoms with Gasteiger partial charge in [0.2, 0.25) is 0 Å². The molecule has 2 aromatic carbocycles. The van der Waals surface area contributed by atoms with Crippen molar-refractivity contribution in [1.29, 1.82) is 5.41 Å². The number of likely N-dealkylation sites (N-methyl/N-ethyl adjacent to an activating group) is 1. The summed E-state index contributed by atoms with van der Waals surface area (Å²) in [5.41, 5.74) is 2.36. The van der Waals surface area contributed by atoms with E-state index in [2.05, 4.69) is 0 Å². The number of fused-ring (bicyclic) bond motifs is 1. The number of rotatable bonds is 10. The minimum atomic E-state index is -0.947. The molecule has 2 aromatic rings. The number of nitrogens with zero attached hydrogens (tertiary/aromatic N) is 2. The molecule has 1 heterocycles. The first kappa shape index (κ1) is 30.1. The van der Waals surface area contributed by atoms with E-state index in [4.69, 9.17) is 14.9 Å². The summed E-state index contributed by atoms with van der Waals surface area (Å²) in [7, 11) is 1.70. The highest BCUT2D eigenvalue weighted by Crippen LogP contribution is 2.39. The fourth-order valence-electron chi connectivity index (χ4n) is 4.35. The maximum Gasteiger partial charge on any atom is 0.323 e. The summed E-state index contributed by atoms with van der Waals surface area (Å²) in [5.74, 6) is -1.63. The number of carbonyl (C=O) groups is 2. The van der Waals surface area contributed by atoms with Crippen LogP contribution in [0.4, 0.5) is 10.1 Å². The Morgan fingerprint density at radius 3 is 2.38 bits per heavy atom. The molecule has 0 radical (unpaired) electrons. The maximum atomic E-state index is 15.3. The van der Waals surface area contributed by atoms with Gasteiger partial charge in [-0.3, -0.25) is 15.0 Å². The lowest BCUT2D eigenvalue weighted by Crippen LogP contribution is -2.31. The van der Waals surface area contributed by atoms with Crippen LogP contribution in [0, 0.1) is 11.2 Å². The molecule has 0 atom stereocenters. The van der Waals surface area contributed by atoms with Gasteiger partial charge in [0.25, 0.3) is 0 Å². The second-order valence-corrected chi connectivity index (χ2v) is 9.78. The van der Waals surface area contributed by atoms with Crippen molar-refractivity contribution in [1.82, 2.24) is 4.90 Å². The molecular weight excluding hydrogens is 545 g/mol. The largest absolute Gasteiger partial charge is 0.490 e. The number of aliphatic carboxylic acids is 1. The number of ketones is 1. The Morgan fingerprint density at radius 2 is 1.81 bits per heavy atom. The zero-order valence-corrected chi connectivity index (χ0v) is 23.8. The molecule has 0 unspecified atom stereocenters. The van der Waals surface area contributed by atoms with Gasteiger partial charge in [-0.05, 0) is 54.7 Å². The lowest BCUT2D eigenvalue weighted by molar-refractivity contribution is -0.135. The van der Waals surface area contributed by atoms with Crippen molar-refractivity contribution in [3.05, 3.63) is 52.3 Å². The quantitative estimate of drug-likeness (QED) is 0.380. The summed E-state index contributed by atoms with van der Waals surface area (Å²) in [4.78, 5) is 27.6. The van der Waals surface area contributed by atoms with Gasteiger partial charge in [0.15, 0.2) is 23.1 Å². The fraction of sp³-hybridized carbons (Fsp3) is 0.444. The summed E-state index contributed by atoms with van der Waals surface area (Å²) >= 11 is 0. The third-order valence-corrected chi connectivity index (χ3v) is 6.02. The number of carboxylic acids is 1.